The van der Waals surface area contributed by atoms with E-state index in [0.717, 1.165) is 32.7 Å². The third kappa shape index (κ3) is 9.80. The first-order valence-electron chi connectivity index (χ1n) is 4.99. The van der Waals surface area contributed by atoms with Crippen LogP contribution in [0.2, 0.25) is 0 Å². The summed E-state index contributed by atoms with van der Waals surface area (Å²) in [5.74, 6) is 0.604. The van der Waals surface area contributed by atoms with Crippen molar-refractivity contribution in [1.82, 2.24) is 5.32 Å². The summed E-state index contributed by atoms with van der Waals surface area (Å²) < 4.78 is 10.00. The second-order valence-corrected chi connectivity index (χ2v) is 3.46. The Bertz CT molecular complexity index is 98.9. The Labute approximate surface area is 81.8 Å². The summed E-state index contributed by atoms with van der Waals surface area (Å²) in [4.78, 5) is 0. The van der Waals surface area contributed by atoms with Crippen LogP contribution in [0.5, 0.6) is 0 Å². The first-order valence-corrected chi connectivity index (χ1v) is 4.99. The molecule has 0 aliphatic rings. The van der Waals surface area contributed by atoms with Crippen LogP contribution >= 0.6 is 0 Å². The van der Waals surface area contributed by atoms with Gasteiger partial charge in [0.15, 0.2) is 0 Å². The van der Waals surface area contributed by atoms with Crippen molar-refractivity contribution < 1.29 is 9.47 Å². The summed E-state index contributed by atoms with van der Waals surface area (Å²) in [6.45, 7) is 6.02. The molecule has 0 aromatic rings. The highest BCUT2D eigenvalue weighted by molar-refractivity contribution is 4.55. The van der Waals surface area contributed by atoms with Gasteiger partial charge in [-0.3, -0.25) is 0 Å². The highest BCUT2D eigenvalue weighted by atomic mass is 16.5. The molecule has 1 N–H and O–H groups in total. The van der Waals surface area contributed by atoms with Gasteiger partial charge in [0.25, 0.3) is 0 Å². The largest absolute Gasteiger partial charge is 0.385 e. The molecule has 0 aromatic heterocycles. The van der Waals surface area contributed by atoms with Gasteiger partial charge >= 0.3 is 0 Å². The monoisotopic (exact) mass is 189 g/mol. The fourth-order valence-corrected chi connectivity index (χ4v) is 1.19. The fourth-order valence-electron chi connectivity index (χ4n) is 1.19. The van der Waals surface area contributed by atoms with Gasteiger partial charge in [-0.1, -0.05) is 6.92 Å². The van der Waals surface area contributed by atoms with Crippen molar-refractivity contribution in [3.8, 4) is 0 Å². The topological polar surface area (TPSA) is 30.5 Å². The Kier molecular flexibility index (Phi) is 9.87. The van der Waals surface area contributed by atoms with Crippen molar-refractivity contribution in [1.29, 1.82) is 0 Å². The Balaban J connectivity index is 2.97. The maximum atomic E-state index is 5.04. The molecule has 0 bridgehead atoms. The van der Waals surface area contributed by atoms with Crippen molar-refractivity contribution >= 4 is 0 Å². The van der Waals surface area contributed by atoms with Gasteiger partial charge in [-0.2, -0.15) is 0 Å². The van der Waals surface area contributed by atoms with Crippen LogP contribution in [-0.4, -0.2) is 40.5 Å². The van der Waals surface area contributed by atoms with E-state index in [4.69, 9.17) is 9.47 Å². The number of ether oxygens (including phenoxy) is 2. The molecule has 80 valence electrons. The molecule has 0 spiro atoms. The summed E-state index contributed by atoms with van der Waals surface area (Å²) in [5.41, 5.74) is 0. The first kappa shape index (κ1) is 12.9. The van der Waals surface area contributed by atoms with E-state index in [9.17, 15) is 0 Å². The standard InChI is InChI=1S/C10H23NO2/c1-10(9-13-3)8-11-6-4-5-7-12-2/h10-11H,4-9H2,1-3H3. The first-order chi connectivity index (χ1) is 6.31. The number of hydrogen-bond acceptors (Lipinski definition) is 3. The average molecular weight is 189 g/mol. The van der Waals surface area contributed by atoms with E-state index in [0.29, 0.717) is 5.92 Å². The molecule has 0 fully saturated rings. The molecule has 3 heteroatoms. The van der Waals surface area contributed by atoms with Gasteiger partial charge in [0, 0.05) is 27.4 Å². The van der Waals surface area contributed by atoms with Gasteiger partial charge in [-0.25, -0.2) is 0 Å². The zero-order valence-electron chi connectivity index (χ0n) is 9.14. The van der Waals surface area contributed by atoms with E-state index in [1.54, 1.807) is 14.2 Å². The van der Waals surface area contributed by atoms with Crippen molar-refractivity contribution in [2.24, 2.45) is 5.92 Å². The predicted octanol–water partition coefficient (Wildman–Crippen LogP) is 1.29. The van der Waals surface area contributed by atoms with E-state index in [1.165, 1.54) is 6.42 Å². The van der Waals surface area contributed by atoms with Crippen LogP contribution in [-0.2, 0) is 9.47 Å². The molecule has 13 heavy (non-hydrogen) atoms. The SMILES string of the molecule is COCCCCNCC(C)COC. The van der Waals surface area contributed by atoms with Crippen molar-refractivity contribution in [2.75, 3.05) is 40.5 Å². The van der Waals surface area contributed by atoms with Crippen molar-refractivity contribution in [3.63, 3.8) is 0 Å². The number of methoxy groups -OCH3 is 2. The minimum Gasteiger partial charge on any atom is -0.385 e. The molecule has 0 aliphatic carbocycles. The van der Waals surface area contributed by atoms with E-state index >= 15 is 0 Å². The molecule has 0 aromatic carbocycles. The maximum Gasteiger partial charge on any atom is 0.0499 e. The highest BCUT2D eigenvalue weighted by Gasteiger charge is 1.99. The molecular formula is C10H23NO2. The van der Waals surface area contributed by atoms with Crippen LogP contribution < -0.4 is 5.32 Å². The zero-order valence-corrected chi connectivity index (χ0v) is 9.14. The Morgan fingerprint density at radius 1 is 1.15 bits per heavy atom. The summed E-state index contributed by atoms with van der Waals surface area (Å²) in [5, 5.41) is 3.39. The third-order valence-electron chi connectivity index (χ3n) is 1.90. The molecule has 3 nitrogen and oxygen atoms in total. The van der Waals surface area contributed by atoms with E-state index in [-0.39, 0.29) is 0 Å². The summed E-state index contributed by atoms with van der Waals surface area (Å²) in [6.07, 6.45) is 2.33. The lowest BCUT2D eigenvalue weighted by Gasteiger charge is -2.10. The summed E-state index contributed by atoms with van der Waals surface area (Å²) in [6, 6.07) is 0. The number of unbranched alkanes of at least 4 members (excludes halogenated alkanes) is 1. The quantitative estimate of drug-likeness (QED) is 0.554. The van der Waals surface area contributed by atoms with Crippen LogP contribution in [0.3, 0.4) is 0 Å². The molecule has 0 aliphatic heterocycles. The van der Waals surface area contributed by atoms with E-state index in [2.05, 4.69) is 12.2 Å². The zero-order chi connectivity index (χ0) is 9.94. The Hall–Kier alpha value is -0.120. The lowest BCUT2D eigenvalue weighted by molar-refractivity contribution is 0.158. The lowest BCUT2D eigenvalue weighted by Crippen LogP contribution is -2.24. The van der Waals surface area contributed by atoms with Gasteiger partial charge < -0.3 is 14.8 Å². The maximum absolute atomic E-state index is 5.04. The molecule has 0 rings (SSSR count). The smallest absolute Gasteiger partial charge is 0.0499 e. The molecule has 0 radical (unpaired) electrons. The van der Waals surface area contributed by atoms with E-state index in [1.807, 2.05) is 0 Å². The van der Waals surface area contributed by atoms with Gasteiger partial charge in [-0.15, -0.1) is 0 Å². The molecule has 0 heterocycles. The van der Waals surface area contributed by atoms with Crippen LogP contribution in [0.1, 0.15) is 19.8 Å². The van der Waals surface area contributed by atoms with Gasteiger partial charge in [0.2, 0.25) is 0 Å². The fraction of sp³-hybridized carbons (Fsp3) is 1.00. The molecule has 0 saturated heterocycles. The van der Waals surface area contributed by atoms with Crippen LogP contribution in [0.25, 0.3) is 0 Å². The van der Waals surface area contributed by atoms with Crippen LogP contribution in [0.15, 0.2) is 0 Å². The predicted molar refractivity (Wildman–Crippen MR) is 55.0 cm³/mol. The number of hydrogen-bond donors (Lipinski definition) is 1. The third-order valence-corrected chi connectivity index (χ3v) is 1.90. The molecule has 1 atom stereocenters. The second kappa shape index (κ2) is 9.96. The van der Waals surface area contributed by atoms with Gasteiger partial charge in [-0.05, 0) is 31.8 Å². The Morgan fingerprint density at radius 2 is 1.92 bits per heavy atom. The van der Waals surface area contributed by atoms with Crippen LogP contribution in [0, 0.1) is 5.92 Å². The second-order valence-electron chi connectivity index (χ2n) is 3.46. The van der Waals surface area contributed by atoms with Gasteiger partial charge in [0.05, 0.1) is 0 Å². The molecule has 0 saturated carbocycles. The Morgan fingerprint density at radius 3 is 2.54 bits per heavy atom. The molecular weight excluding hydrogens is 166 g/mol. The summed E-state index contributed by atoms with van der Waals surface area (Å²) >= 11 is 0. The summed E-state index contributed by atoms with van der Waals surface area (Å²) in [7, 11) is 3.49. The highest BCUT2D eigenvalue weighted by Crippen LogP contribution is 1.93. The minimum absolute atomic E-state index is 0.604. The van der Waals surface area contributed by atoms with Crippen molar-refractivity contribution in [3.05, 3.63) is 0 Å². The molecule has 0 amide bonds. The normalized spacial score (nSPS) is 13.2. The van der Waals surface area contributed by atoms with Gasteiger partial charge in [0.1, 0.15) is 0 Å². The lowest BCUT2D eigenvalue weighted by atomic mass is 10.2. The number of rotatable bonds is 9. The average Bonchev–Trinajstić information content (AvgIpc) is 2.11. The minimum atomic E-state index is 0.604. The van der Waals surface area contributed by atoms with Crippen molar-refractivity contribution in [2.45, 2.75) is 19.8 Å². The van der Waals surface area contributed by atoms with Crippen LogP contribution in [0.4, 0.5) is 0 Å². The van der Waals surface area contributed by atoms with E-state index < -0.39 is 0 Å². The number of nitrogens with one attached hydrogen (secondary N) is 1. The molecule has 1 unspecified atom stereocenters.